The summed E-state index contributed by atoms with van der Waals surface area (Å²) >= 11 is 23.2. The molecule has 0 unspecified atom stereocenters. The molecule has 10 heteroatoms. The van der Waals surface area contributed by atoms with Crippen LogP contribution in [0.4, 0.5) is 5.69 Å². The molecule has 140 valence electrons. The van der Waals surface area contributed by atoms with Crippen LogP contribution in [-0.2, 0) is 6.54 Å². The Kier molecular flexibility index (Phi) is 5.76. The number of rotatable bonds is 4. The predicted molar refractivity (Wildman–Crippen MR) is 112 cm³/mol. The average Bonchev–Trinajstić information content (AvgIpc) is 2.60. The second-order valence-electron chi connectivity index (χ2n) is 5.56. The van der Waals surface area contributed by atoms with E-state index in [4.69, 9.17) is 47.0 Å². The van der Waals surface area contributed by atoms with Gasteiger partial charge in [-0.1, -0.05) is 34.8 Å². The Bertz CT molecular complexity index is 1150. The molecule has 0 atom stereocenters. The van der Waals surface area contributed by atoms with Crippen LogP contribution in [0.3, 0.4) is 0 Å². The van der Waals surface area contributed by atoms with Crippen LogP contribution in [0.1, 0.15) is 17.3 Å². The van der Waals surface area contributed by atoms with E-state index in [1.807, 2.05) is 6.92 Å². The summed E-state index contributed by atoms with van der Waals surface area (Å²) in [6, 6.07) is 7.67. The zero-order chi connectivity index (χ0) is 19.7. The number of anilines is 1. The Hall–Kier alpha value is -2.06. The minimum atomic E-state index is -0.446. The number of nitrogens with zero attached hydrogens (tertiary/aromatic N) is 1. The van der Waals surface area contributed by atoms with E-state index in [1.165, 1.54) is 16.7 Å². The fourth-order valence-corrected chi connectivity index (χ4v) is 3.77. The van der Waals surface area contributed by atoms with Crippen LogP contribution in [0.2, 0.25) is 15.1 Å². The summed E-state index contributed by atoms with van der Waals surface area (Å²) in [5, 5.41) is 1.34. The summed E-state index contributed by atoms with van der Waals surface area (Å²) < 4.78 is 1.74. The third-order valence-corrected chi connectivity index (χ3v) is 5.01. The SMILES string of the molecule is CCn1c(=S)[nH]c2cc(C(=O)NNc3c(Cl)cc(Cl)cc3Cl)ccc2c1=O. The Morgan fingerprint density at radius 2 is 1.85 bits per heavy atom. The maximum Gasteiger partial charge on any atom is 0.269 e. The minimum Gasteiger partial charge on any atom is -0.332 e. The Balaban J connectivity index is 1.89. The van der Waals surface area contributed by atoms with Crippen LogP contribution >= 0.6 is 47.0 Å². The largest absolute Gasteiger partial charge is 0.332 e. The molecule has 1 amide bonds. The van der Waals surface area contributed by atoms with Crippen LogP contribution in [0.5, 0.6) is 0 Å². The van der Waals surface area contributed by atoms with Crippen molar-refractivity contribution in [2.75, 3.05) is 5.43 Å². The smallest absolute Gasteiger partial charge is 0.269 e. The second kappa shape index (κ2) is 7.90. The highest BCUT2D eigenvalue weighted by Crippen LogP contribution is 2.33. The number of H-pyrrole nitrogens is 1. The van der Waals surface area contributed by atoms with Crippen LogP contribution in [0.25, 0.3) is 10.9 Å². The van der Waals surface area contributed by atoms with Crippen molar-refractivity contribution in [1.29, 1.82) is 0 Å². The number of carbonyl (C=O) groups excluding carboxylic acids is 1. The summed E-state index contributed by atoms with van der Waals surface area (Å²) in [5.41, 5.74) is 6.09. The number of benzene rings is 2. The average molecular weight is 444 g/mol. The summed E-state index contributed by atoms with van der Waals surface area (Å²) in [7, 11) is 0. The van der Waals surface area contributed by atoms with E-state index in [9.17, 15) is 9.59 Å². The molecular weight excluding hydrogens is 431 g/mol. The molecule has 3 aromatic rings. The van der Waals surface area contributed by atoms with Crippen molar-refractivity contribution in [3.63, 3.8) is 0 Å². The monoisotopic (exact) mass is 442 g/mol. The van der Waals surface area contributed by atoms with Gasteiger partial charge in [0.2, 0.25) is 0 Å². The number of fused-ring (bicyclic) bond motifs is 1. The summed E-state index contributed by atoms with van der Waals surface area (Å²) in [4.78, 5) is 27.8. The molecule has 6 nitrogen and oxygen atoms in total. The molecule has 3 rings (SSSR count). The summed E-state index contributed by atoms with van der Waals surface area (Å²) in [6.45, 7) is 2.29. The molecular formula is C17H13Cl3N4O2S. The number of amides is 1. The van der Waals surface area contributed by atoms with Crippen molar-refractivity contribution >= 4 is 69.5 Å². The van der Waals surface area contributed by atoms with Gasteiger partial charge in [0.05, 0.1) is 26.6 Å². The molecule has 0 spiro atoms. The lowest BCUT2D eigenvalue weighted by Crippen LogP contribution is -2.30. The second-order valence-corrected chi connectivity index (χ2v) is 7.20. The van der Waals surface area contributed by atoms with Crippen LogP contribution in [-0.4, -0.2) is 15.5 Å². The van der Waals surface area contributed by atoms with E-state index in [2.05, 4.69) is 15.8 Å². The number of hydrogen-bond acceptors (Lipinski definition) is 4. The zero-order valence-corrected chi connectivity index (χ0v) is 17.0. The van der Waals surface area contributed by atoms with Gasteiger partial charge in [-0.15, -0.1) is 0 Å². The Morgan fingerprint density at radius 3 is 2.48 bits per heavy atom. The van der Waals surface area contributed by atoms with Crippen molar-refractivity contribution in [2.45, 2.75) is 13.5 Å². The summed E-state index contributed by atoms with van der Waals surface area (Å²) in [6.07, 6.45) is 0. The van der Waals surface area contributed by atoms with Gasteiger partial charge in [-0.25, -0.2) is 0 Å². The molecule has 0 saturated heterocycles. The fourth-order valence-electron chi connectivity index (χ4n) is 2.54. The highest BCUT2D eigenvalue weighted by Gasteiger charge is 2.12. The van der Waals surface area contributed by atoms with E-state index in [0.29, 0.717) is 38.5 Å². The first kappa shape index (κ1) is 19.7. The molecule has 0 radical (unpaired) electrons. The van der Waals surface area contributed by atoms with Gasteiger partial charge in [0.25, 0.3) is 11.5 Å². The normalized spacial score (nSPS) is 10.8. The Labute approximate surface area is 174 Å². The summed E-state index contributed by atoms with van der Waals surface area (Å²) in [5.74, 6) is -0.446. The molecule has 0 bridgehead atoms. The van der Waals surface area contributed by atoms with Gasteiger partial charge in [0.1, 0.15) is 0 Å². The quantitative estimate of drug-likeness (QED) is 0.400. The first-order chi connectivity index (χ1) is 12.8. The maximum absolute atomic E-state index is 12.4. The lowest BCUT2D eigenvalue weighted by molar-refractivity contribution is 0.0963. The van der Waals surface area contributed by atoms with Crippen molar-refractivity contribution in [2.24, 2.45) is 0 Å². The van der Waals surface area contributed by atoms with Gasteiger partial charge >= 0.3 is 0 Å². The number of aromatic nitrogens is 2. The van der Waals surface area contributed by atoms with Crippen LogP contribution < -0.4 is 16.4 Å². The molecule has 0 aliphatic rings. The van der Waals surface area contributed by atoms with Crippen molar-refractivity contribution in [1.82, 2.24) is 15.0 Å². The highest BCUT2D eigenvalue weighted by molar-refractivity contribution is 7.71. The van der Waals surface area contributed by atoms with Gasteiger partial charge < -0.3 is 4.98 Å². The van der Waals surface area contributed by atoms with Crippen molar-refractivity contribution < 1.29 is 4.79 Å². The first-order valence-electron chi connectivity index (χ1n) is 7.79. The number of aromatic amines is 1. The first-order valence-corrected chi connectivity index (χ1v) is 9.33. The van der Waals surface area contributed by atoms with E-state index in [-0.39, 0.29) is 15.6 Å². The third-order valence-electron chi connectivity index (χ3n) is 3.87. The third kappa shape index (κ3) is 3.96. The van der Waals surface area contributed by atoms with E-state index < -0.39 is 5.91 Å². The highest BCUT2D eigenvalue weighted by atomic mass is 35.5. The van der Waals surface area contributed by atoms with E-state index in [0.717, 1.165) is 0 Å². The number of carbonyl (C=O) groups is 1. The van der Waals surface area contributed by atoms with E-state index >= 15 is 0 Å². The molecule has 0 aliphatic heterocycles. The molecule has 27 heavy (non-hydrogen) atoms. The standard InChI is InChI=1S/C17H13Cl3N4O2S/c1-2-24-16(26)10-4-3-8(5-13(10)21-17(24)27)15(25)23-22-14-11(19)6-9(18)7-12(14)20/h3-7,22H,2H2,1H3,(H,21,27)(H,23,25). The number of hydrazine groups is 1. The van der Waals surface area contributed by atoms with Gasteiger partial charge in [-0.05, 0) is 49.5 Å². The van der Waals surface area contributed by atoms with Crippen LogP contribution in [0, 0.1) is 4.77 Å². The molecule has 1 aromatic heterocycles. The molecule has 1 heterocycles. The molecule has 0 saturated carbocycles. The predicted octanol–water partition coefficient (Wildman–Crippen LogP) is 4.80. The lowest BCUT2D eigenvalue weighted by Gasteiger charge is -2.12. The Morgan fingerprint density at radius 1 is 1.19 bits per heavy atom. The zero-order valence-electron chi connectivity index (χ0n) is 13.9. The molecule has 0 aliphatic carbocycles. The number of halogens is 3. The number of nitrogens with one attached hydrogen (secondary N) is 3. The lowest BCUT2D eigenvalue weighted by atomic mass is 10.1. The van der Waals surface area contributed by atoms with Crippen molar-refractivity contribution in [3.8, 4) is 0 Å². The van der Waals surface area contributed by atoms with Gasteiger partial charge in [-0.2, -0.15) is 0 Å². The topological polar surface area (TPSA) is 78.9 Å². The number of hydrogen-bond donors (Lipinski definition) is 3. The molecule has 3 N–H and O–H groups in total. The fraction of sp³-hybridized carbons (Fsp3) is 0.118. The minimum absolute atomic E-state index is 0.207. The molecule has 2 aromatic carbocycles. The van der Waals surface area contributed by atoms with Gasteiger partial charge in [-0.3, -0.25) is 25.0 Å². The van der Waals surface area contributed by atoms with Gasteiger partial charge in [0.15, 0.2) is 4.77 Å². The molecule has 0 fully saturated rings. The van der Waals surface area contributed by atoms with Crippen LogP contribution in [0.15, 0.2) is 35.1 Å². The van der Waals surface area contributed by atoms with E-state index in [1.54, 1.807) is 18.2 Å². The van der Waals surface area contributed by atoms with Gasteiger partial charge in [0, 0.05) is 17.1 Å². The maximum atomic E-state index is 12.4. The van der Waals surface area contributed by atoms with Crippen molar-refractivity contribution in [3.05, 3.63) is 66.1 Å².